The number of sulfonamides is 1. The smallest absolute Gasteiger partial charge is 0.267 e. The Morgan fingerprint density at radius 2 is 1.77 bits per heavy atom. The van der Waals surface area contributed by atoms with Gasteiger partial charge in [0.25, 0.3) is 11.8 Å². The van der Waals surface area contributed by atoms with Crippen LogP contribution in [0.4, 0.5) is 0 Å². The van der Waals surface area contributed by atoms with Crippen molar-refractivity contribution >= 4 is 33.2 Å². The Kier molecular flexibility index (Phi) is 6.59. The summed E-state index contributed by atoms with van der Waals surface area (Å²) in [5, 5.41) is 0. The molecular formula is C22H29N3O4S2. The molecule has 0 radical (unpaired) electrons. The number of benzene rings is 1. The van der Waals surface area contributed by atoms with Crippen LogP contribution in [0.1, 0.15) is 57.7 Å². The number of fused-ring (bicyclic) bond motifs is 1. The van der Waals surface area contributed by atoms with Gasteiger partial charge in [0, 0.05) is 24.5 Å². The Morgan fingerprint density at radius 1 is 1.10 bits per heavy atom. The van der Waals surface area contributed by atoms with Crippen LogP contribution >= 0.6 is 11.3 Å². The van der Waals surface area contributed by atoms with Crippen molar-refractivity contribution in [3.05, 3.63) is 51.2 Å². The maximum Gasteiger partial charge on any atom is 0.279 e. The summed E-state index contributed by atoms with van der Waals surface area (Å²) in [5.41, 5.74) is 6.40. The van der Waals surface area contributed by atoms with Crippen molar-refractivity contribution < 1.29 is 18.0 Å². The van der Waals surface area contributed by atoms with Gasteiger partial charge in [-0.05, 0) is 60.4 Å². The summed E-state index contributed by atoms with van der Waals surface area (Å²) in [6.45, 7) is 6.74. The Morgan fingerprint density at radius 3 is 2.42 bits per heavy atom. The molecule has 1 heterocycles. The number of carbonyl (C=O) groups excluding carboxylic acids is 2. The second-order valence-corrected chi connectivity index (χ2v) is 12.4. The number of hydrazine groups is 1. The van der Waals surface area contributed by atoms with E-state index in [0.717, 1.165) is 23.6 Å². The fourth-order valence-corrected chi connectivity index (χ4v) is 5.68. The number of nitrogens with zero attached hydrogens (tertiary/aromatic N) is 1. The quantitative estimate of drug-likeness (QED) is 0.681. The van der Waals surface area contributed by atoms with Crippen LogP contribution < -0.4 is 10.9 Å². The Labute approximate surface area is 187 Å². The number of rotatable bonds is 4. The number of hydrogen-bond donors (Lipinski definition) is 2. The van der Waals surface area contributed by atoms with Crippen LogP contribution in [0.15, 0.2) is 35.2 Å². The summed E-state index contributed by atoms with van der Waals surface area (Å²) in [7, 11) is -0.810. The molecule has 168 valence electrons. The van der Waals surface area contributed by atoms with Crippen molar-refractivity contribution in [2.45, 2.75) is 44.9 Å². The molecule has 2 amide bonds. The van der Waals surface area contributed by atoms with Crippen LogP contribution in [-0.2, 0) is 22.9 Å². The zero-order valence-electron chi connectivity index (χ0n) is 18.5. The third-order valence-electron chi connectivity index (χ3n) is 5.70. The molecule has 7 nitrogen and oxygen atoms in total. The Bertz CT molecular complexity index is 1100. The van der Waals surface area contributed by atoms with Crippen LogP contribution in [0.25, 0.3) is 0 Å². The fraction of sp³-hybridized carbons (Fsp3) is 0.455. The lowest BCUT2D eigenvalue weighted by atomic mass is 9.72. The molecule has 1 aromatic heterocycles. The lowest BCUT2D eigenvalue weighted by Crippen LogP contribution is -2.41. The molecule has 0 saturated carbocycles. The van der Waals surface area contributed by atoms with Gasteiger partial charge in [0.05, 0.1) is 9.77 Å². The number of amides is 2. The normalized spacial score (nSPS) is 16.6. The third-order valence-corrected chi connectivity index (χ3v) is 8.74. The molecule has 0 saturated heterocycles. The van der Waals surface area contributed by atoms with Gasteiger partial charge in [-0.25, -0.2) is 12.7 Å². The summed E-state index contributed by atoms with van der Waals surface area (Å²) >= 11 is 1.46. The van der Waals surface area contributed by atoms with Crippen LogP contribution in [0.5, 0.6) is 0 Å². The van der Waals surface area contributed by atoms with Gasteiger partial charge < -0.3 is 0 Å². The van der Waals surface area contributed by atoms with E-state index in [2.05, 4.69) is 31.6 Å². The minimum absolute atomic E-state index is 0.0100. The van der Waals surface area contributed by atoms with Crippen molar-refractivity contribution in [1.29, 1.82) is 0 Å². The van der Waals surface area contributed by atoms with E-state index in [1.54, 1.807) is 0 Å². The van der Waals surface area contributed by atoms with E-state index in [1.165, 1.54) is 60.1 Å². The Hall–Kier alpha value is -2.23. The average molecular weight is 464 g/mol. The first-order chi connectivity index (χ1) is 14.4. The van der Waals surface area contributed by atoms with Crippen molar-refractivity contribution in [2.75, 3.05) is 14.1 Å². The molecule has 1 aliphatic rings. The zero-order valence-corrected chi connectivity index (χ0v) is 20.1. The van der Waals surface area contributed by atoms with E-state index < -0.39 is 15.9 Å². The maximum atomic E-state index is 12.6. The molecule has 1 aliphatic carbocycles. The van der Waals surface area contributed by atoms with Crippen LogP contribution in [0, 0.1) is 11.3 Å². The highest BCUT2D eigenvalue weighted by atomic mass is 32.2. The van der Waals surface area contributed by atoms with E-state index in [-0.39, 0.29) is 21.8 Å². The molecule has 0 spiro atoms. The average Bonchev–Trinajstić information content (AvgIpc) is 3.14. The van der Waals surface area contributed by atoms with E-state index in [0.29, 0.717) is 10.8 Å². The van der Waals surface area contributed by atoms with Crippen molar-refractivity contribution in [1.82, 2.24) is 15.2 Å². The molecule has 9 heteroatoms. The predicted molar refractivity (Wildman–Crippen MR) is 122 cm³/mol. The lowest BCUT2D eigenvalue weighted by molar-refractivity contribution is 0.0848. The van der Waals surface area contributed by atoms with Gasteiger partial charge >= 0.3 is 0 Å². The first-order valence-corrected chi connectivity index (χ1v) is 12.4. The molecule has 0 aliphatic heterocycles. The van der Waals surface area contributed by atoms with Gasteiger partial charge in [-0.3, -0.25) is 20.4 Å². The second-order valence-electron chi connectivity index (χ2n) is 9.09. The largest absolute Gasteiger partial charge is 0.279 e. The van der Waals surface area contributed by atoms with Gasteiger partial charge in [-0.1, -0.05) is 26.8 Å². The predicted octanol–water partition coefficient (Wildman–Crippen LogP) is 3.22. The number of hydrogen-bond acceptors (Lipinski definition) is 5. The van der Waals surface area contributed by atoms with Crippen molar-refractivity contribution in [3.8, 4) is 0 Å². The summed E-state index contributed by atoms with van der Waals surface area (Å²) in [5.74, 6) is -0.383. The summed E-state index contributed by atoms with van der Waals surface area (Å²) in [6.07, 6.45) is 3.04. The van der Waals surface area contributed by atoms with E-state index >= 15 is 0 Å². The summed E-state index contributed by atoms with van der Waals surface area (Å²) < 4.78 is 25.6. The molecule has 2 aromatic rings. The second kappa shape index (κ2) is 8.72. The topological polar surface area (TPSA) is 95.6 Å². The molecule has 31 heavy (non-hydrogen) atoms. The molecule has 1 aromatic carbocycles. The van der Waals surface area contributed by atoms with E-state index in [4.69, 9.17) is 0 Å². The minimum atomic E-state index is -3.66. The lowest BCUT2D eigenvalue weighted by Gasteiger charge is -2.33. The maximum absolute atomic E-state index is 12.6. The highest BCUT2D eigenvalue weighted by Gasteiger charge is 2.30. The van der Waals surface area contributed by atoms with Crippen LogP contribution in [-0.4, -0.2) is 38.6 Å². The van der Waals surface area contributed by atoms with Crippen LogP contribution in [0.2, 0.25) is 0 Å². The molecule has 2 N–H and O–H groups in total. The number of nitrogens with one attached hydrogen (secondary N) is 2. The number of carbonyl (C=O) groups is 2. The van der Waals surface area contributed by atoms with E-state index in [1.807, 2.05) is 6.07 Å². The minimum Gasteiger partial charge on any atom is -0.267 e. The molecule has 1 atom stereocenters. The summed E-state index contributed by atoms with van der Waals surface area (Å²) in [4.78, 5) is 26.8. The molecule has 3 rings (SSSR count). The van der Waals surface area contributed by atoms with Gasteiger partial charge in [-0.15, -0.1) is 11.3 Å². The first-order valence-electron chi connectivity index (χ1n) is 10.1. The fourth-order valence-electron chi connectivity index (χ4n) is 3.63. The highest BCUT2D eigenvalue weighted by molar-refractivity contribution is 7.89. The molecule has 0 unspecified atom stereocenters. The molecule has 0 fully saturated rings. The molecular weight excluding hydrogens is 434 g/mol. The number of aryl methyl sites for hydroxylation is 1. The zero-order chi connectivity index (χ0) is 23.0. The van der Waals surface area contributed by atoms with E-state index in [9.17, 15) is 18.0 Å². The van der Waals surface area contributed by atoms with Gasteiger partial charge in [-0.2, -0.15) is 0 Å². The standard InChI is InChI=1S/C22H29N3O4S2/c1-22(2,3)16-9-10-18-15(11-16)13-19(30-18)21(27)24-23-20(26)14-7-6-8-17(12-14)31(28,29)25(4)5/h6-8,12-13,16H,9-11H2,1-5H3,(H,23,26)(H,24,27)/t16-/m0/s1. The SMILES string of the molecule is CN(C)S(=O)(=O)c1cccc(C(=O)NNC(=O)c2cc3c(s2)CC[C@H](C(C)(C)C)C3)c1. The van der Waals surface area contributed by atoms with Crippen molar-refractivity contribution in [2.24, 2.45) is 11.3 Å². The summed E-state index contributed by atoms with van der Waals surface area (Å²) in [6, 6.07) is 7.61. The molecule has 0 bridgehead atoms. The van der Waals surface area contributed by atoms with Crippen LogP contribution in [0.3, 0.4) is 0 Å². The highest BCUT2D eigenvalue weighted by Crippen LogP contribution is 2.40. The Balaban J connectivity index is 1.66. The first kappa shape index (κ1) is 23.4. The van der Waals surface area contributed by atoms with Gasteiger partial charge in [0.2, 0.25) is 10.0 Å². The monoisotopic (exact) mass is 463 g/mol. The number of thiophene rings is 1. The third kappa shape index (κ3) is 5.16. The van der Waals surface area contributed by atoms with Gasteiger partial charge in [0.15, 0.2) is 0 Å². The van der Waals surface area contributed by atoms with Gasteiger partial charge in [0.1, 0.15) is 0 Å². The van der Waals surface area contributed by atoms with Crippen molar-refractivity contribution in [3.63, 3.8) is 0 Å².